The second kappa shape index (κ2) is 6.65. The number of hydrogen-bond donors (Lipinski definition) is 0. The number of benzene rings is 1. The summed E-state index contributed by atoms with van der Waals surface area (Å²) in [6.07, 6.45) is 0.916. The van der Waals surface area contributed by atoms with Crippen LogP contribution in [0.2, 0.25) is 0 Å². The molecular formula is C14H17NO3. The summed E-state index contributed by atoms with van der Waals surface area (Å²) >= 11 is 0. The minimum absolute atomic E-state index is 0.197. The molecule has 0 N–H and O–H groups in total. The Morgan fingerprint density at radius 2 is 2.11 bits per heavy atom. The number of nitrogens with zero attached hydrogens (tertiary/aromatic N) is 1. The number of hydrogen-bond acceptors (Lipinski definition) is 4. The van der Waals surface area contributed by atoms with Crippen LogP contribution in [-0.4, -0.2) is 19.7 Å². The van der Waals surface area contributed by atoms with Gasteiger partial charge in [0.15, 0.2) is 0 Å². The van der Waals surface area contributed by atoms with Crippen molar-refractivity contribution in [3.05, 3.63) is 28.8 Å². The van der Waals surface area contributed by atoms with Crippen LogP contribution < -0.4 is 4.74 Å². The summed E-state index contributed by atoms with van der Waals surface area (Å²) in [5.41, 5.74) is 2.23. The molecule has 1 rings (SSSR count). The summed E-state index contributed by atoms with van der Waals surface area (Å²) in [6.45, 7) is 4.10. The molecule has 0 bridgehead atoms. The fraction of sp³-hybridized carbons (Fsp3) is 0.429. The number of methoxy groups -OCH3 is 1. The van der Waals surface area contributed by atoms with Gasteiger partial charge in [0.1, 0.15) is 11.8 Å². The van der Waals surface area contributed by atoms with E-state index in [0.29, 0.717) is 17.9 Å². The maximum atomic E-state index is 11.4. The van der Waals surface area contributed by atoms with Crippen molar-refractivity contribution in [2.24, 2.45) is 0 Å². The average molecular weight is 247 g/mol. The number of carbonyl (C=O) groups is 1. The third-order valence-corrected chi connectivity index (χ3v) is 2.61. The number of rotatable bonds is 5. The van der Waals surface area contributed by atoms with Crippen molar-refractivity contribution in [1.29, 1.82) is 5.26 Å². The van der Waals surface area contributed by atoms with Gasteiger partial charge in [0.2, 0.25) is 0 Å². The molecule has 0 unspecified atom stereocenters. The summed E-state index contributed by atoms with van der Waals surface area (Å²) in [5.74, 6) is 0.238. The van der Waals surface area contributed by atoms with Gasteiger partial charge in [-0.05, 0) is 30.5 Å². The molecule has 0 atom stereocenters. The molecule has 0 aliphatic rings. The molecular weight excluding hydrogens is 230 g/mol. The van der Waals surface area contributed by atoms with Crippen molar-refractivity contribution in [2.75, 3.05) is 13.7 Å². The number of esters is 1. The quantitative estimate of drug-likeness (QED) is 0.749. The molecule has 0 radical (unpaired) electrons. The monoisotopic (exact) mass is 247 g/mol. The Morgan fingerprint density at radius 1 is 1.39 bits per heavy atom. The highest BCUT2D eigenvalue weighted by molar-refractivity contribution is 5.73. The van der Waals surface area contributed by atoms with Crippen molar-refractivity contribution < 1.29 is 14.3 Å². The normalized spacial score (nSPS) is 9.67. The molecule has 0 fully saturated rings. The zero-order valence-corrected chi connectivity index (χ0v) is 10.9. The molecule has 0 saturated carbocycles. The van der Waals surface area contributed by atoms with Crippen molar-refractivity contribution in [2.45, 2.75) is 26.7 Å². The van der Waals surface area contributed by atoms with Gasteiger partial charge >= 0.3 is 5.97 Å². The van der Waals surface area contributed by atoms with Crippen LogP contribution in [0.15, 0.2) is 12.1 Å². The van der Waals surface area contributed by atoms with E-state index in [1.165, 1.54) is 7.11 Å². The lowest BCUT2D eigenvalue weighted by Crippen LogP contribution is -2.08. The zero-order chi connectivity index (χ0) is 13.5. The lowest BCUT2D eigenvalue weighted by Gasteiger charge is -2.10. The van der Waals surface area contributed by atoms with E-state index >= 15 is 0 Å². The minimum atomic E-state index is -0.272. The molecule has 0 aliphatic heterocycles. The molecule has 0 saturated heterocycles. The summed E-state index contributed by atoms with van der Waals surface area (Å²) < 4.78 is 10.1. The van der Waals surface area contributed by atoms with Gasteiger partial charge in [-0.25, -0.2) is 0 Å². The molecule has 18 heavy (non-hydrogen) atoms. The van der Waals surface area contributed by atoms with E-state index in [-0.39, 0.29) is 12.4 Å². The van der Waals surface area contributed by atoms with Gasteiger partial charge in [-0.3, -0.25) is 4.79 Å². The molecule has 0 amide bonds. The average Bonchev–Trinajstić information content (AvgIpc) is 2.37. The van der Waals surface area contributed by atoms with Gasteiger partial charge in [0.05, 0.1) is 25.7 Å². The summed E-state index contributed by atoms with van der Waals surface area (Å²) in [6, 6.07) is 5.71. The Labute approximate surface area is 107 Å². The van der Waals surface area contributed by atoms with E-state index in [4.69, 9.17) is 14.7 Å². The molecule has 4 heteroatoms. The minimum Gasteiger partial charge on any atom is -0.495 e. The first kappa shape index (κ1) is 14.0. The lowest BCUT2D eigenvalue weighted by molar-refractivity contribution is -0.142. The largest absolute Gasteiger partial charge is 0.495 e. The Hall–Kier alpha value is -2.02. The molecule has 4 nitrogen and oxygen atoms in total. The Bertz CT molecular complexity index is 449. The topological polar surface area (TPSA) is 59.3 Å². The molecule has 96 valence electrons. The van der Waals surface area contributed by atoms with Crippen LogP contribution in [-0.2, 0) is 22.4 Å². The fourth-order valence-corrected chi connectivity index (χ4v) is 1.78. The molecule has 1 aromatic rings. The molecule has 0 spiro atoms. The SMILES string of the molecule is CCOC(=O)Cc1cc(CC)c(C#N)c(OC)c1. The molecule has 0 aromatic heterocycles. The summed E-state index contributed by atoms with van der Waals surface area (Å²) in [4.78, 5) is 11.4. The maximum Gasteiger partial charge on any atom is 0.310 e. The van der Waals surface area contributed by atoms with Crippen LogP contribution in [0.4, 0.5) is 0 Å². The van der Waals surface area contributed by atoms with E-state index in [1.54, 1.807) is 13.0 Å². The van der Waals surface area contributed by atoms with Crippen LogP contribution in [0.25, 0.3) is 0 Å². The number of carbonyl (C=O) groups excluding carboxylic acids is 1. The van der Waals surface area contributed by atoms with E-state index in [9.17, 15) is 4.79 Å². The van der Waals surface area contributed by atoms with Crippen molar-refractivity contribution in [3.8, 4) is 11.8 Å². The molecule has 1 aromatic carbocycles. The van der Waals surface area contributed by atoms with Crippen LogP contribution in [0.1, 0.15) is 30.5 Å². The van der Waals surface area contributed by atoms with Crippen LogP contribution in [0, 0.1) is 11.3 Å². The Kier molecular flexibility index (Phi) is 5.19. The second-order valence-corrected chi connectivity index (χ2v) is 3.78. The Balaban J connectivity index is 3.08. The Morgan fingerprint density at radius 3 is 2.61 bits per heavy atom. The zero-order valence-electron chi connectivity index (χ0n) is 10.9. The third-order valence-electron chi connectivity index (χ3n) is 2.61. The molecule has 0 aliphatic carbocycles. The van der Waals surface area contributed by atoms with E-state index in [0.717, 1.165) is 17.5 Å². The third kappa shape index (κ3) is 3.24. The number of ether oxygens (including phenoxy) is 2. The van der Waals surface area contributed by atoms with Gasteiger partial charge in [-0.1, -0.05) is 13.0 Å². The van der Waals surface area contributed by atoms with Crippen molar-refractivity contribution >= 4 is 5.97 Å². The highest BCUT2D eigenvalue weighted by Gasteiger charge is 2.12. The van der Waals surface area contributed by atoms with Crippen molar-refractivity contribution in [1.82, 2.24) is 0 Å². The van der Waals surface area contributed by atoms with Crippen molar-refractivity contribution in [3.63, 3.8) is 0 Å². The smallest absolute Gasteiger partial charge is 0.310 e. The van der Waals surface area contributed by atoms with Gasteiger partial charge in [0, 0.05) is 0 Å². The molecule has 0 heterocycles. The summed E-state index contributed by atoms with van der Waals surface area (Å²) in [5, 5.41) is 9.10. The first-order valence-corrected chi connectivity index (χ1v) is 5.91. The van der Waals surface area contributed by atoms with Crippen LogP contribution >= 0.6 is 0 Å². The highest BCUT2D eigenvalue weighted by atomic mass is 16.5. The van der Waals surface area contributed by atoms with Crippen LogP contribution in [0.3, 0.4) is 0 Å². The highest BCUT2D eigenvalue weighted by Crippen LogP contribution is 2.25. The van der Waals surface area contributed by atoms with Crippen LogP contribution in [0.5, 0.6) is 5.75 Å². The van der Waals surface area contributed by atoms with Gasteiger partial charge in [-0.2, -0.15) is 5.26 Å². The number of nitriles is 1. The summed E-state index contributed by atoms with van der Waals surface area (Å²) in [7, 11) is 1.52. The van der Waals surface area contributed by atoms with E-state index in [2.05, 4.69) is 6.07 Å². The maximum absolute atomic E-state index is 11.4. The van der Waals surface area contributed by atoms with Gasteiger partial charge in [0.25, 0.3) is 0 Å². The first-order chi connectivity index (χ1) is 8.65. The predicted molar refractivity (Wildman–Crippen MR) is 67.4 cm³/mol. The predicted octanol–water partition coefficient (Wildman–Crippen LogP) is 2.23. The fourth-order valence-electron chi connectivity index (χ4n) is 1.78. The first-order valence-electron chi connectivity index (χ1n) is 5.91. The van der Waals surface area contributed by atoms with E-state index in [1.807, 2.05) is 13.0 Å². The van der Waals surface area contributed by atoms with E-state index < -0.39 is 0 Å². The van der Waals surface area contributed by atoms with Gasteiger partial charge in [-0.15, -0.1) is 0 Å². The second-order valence-electron chi connectivity index (χ2n) is 3.78. The standard InChI is InChI=1S/C14H17NO3/c1-4-11-6-10(8-14(16)18-5-2)7-13(17-3)12(11)9-15/h6-7H,4-5,8H2,1-3H3. The lowest BCUT2D eigenvalue weighted by atomic mass is 10.00. The van der Waals surface area contributed by atoms with Gasteiger partial charge < -0.3 is 9.47 Å². The number of aryl methyl sites for hydroxylation is 1.